The number of nitrogens with one attached hydrogen (secondary N) is 1. The average Bonchev–Trinajstić information content (AvgIpc) is 2.62. The van der Waals surface area contributed by atoms with Crippen molar-refractivity contribution in [3.63, 3.8) is 0 Å². The molecule has 1 heterocycles. The molecule has 1 unspecified atom stereocenters. The smallest absolute Gasteiger partial charge is 0.240 e. The van der Waals surface area contributed by atoms with Gasteiger partial charge in [0.05, 0.1) is 22.8 Å². The summed E-state index contributed by atoms with van der Waals surface area (Å²) in [6, 6.07) is 4.80. The molecule has 1 aromatic rings. The van der Waals surface area contributed by atoms with Crippen molar-refractivity contribution in [3.8, 4) is 0 Å². The monoisotopic (exact) mass is 317 g/mol. The molecule has 6 nitrogen and oxygen atoms in total. The number of hydrogen-bond donors (Lipinski definition) is 1. The molecule has 110 valence electrons. The molecule has 1 aliphatic heterocycles. The standard InChI is InChI=1S/C12H15NO5S2/c1-8(12(14)13-19(2,15)16)10-4-3-9-5-6-20(17,18)11(9)7-10/h3-4,7-8H,5-6H2,1-2H3,(H,13,14). The molecule has 0 spiro atoms. The van der Waals surface area contributed by atoms with Crippen molar-refractivity contribution in [1.82, 2.24) is 4.72 Å². The number of hydrogen-bond acceptors (Lipinski definition) is 5. The van der Waals surface area contributed by atoms with Gasteiger partial charge in [0.2, 0.25) is 15.9 Å². The van der Waals surface area contributed by atoms with Crippen molar-refractivity contribution in [1.29, 1.82) is 0 Å². The van der Waals surface area contributed by atoms with E-state index in [2.05, 4.69) is 0 Å². The molecule has 1 amide bonds. The zero-order valence-corrected chi connectivity index (χ0v) is 12.7. The maximum absolute atomic E-state index is 11.8. The number of fused-ring (bicyclic) bond motifs is 1. The van der Waals surface area contributed by atoms with E-state index in [0.29, 0.717) is 12.0 Å². The predicted molar refractivity (Wildman–Crippen MR) is 73.6 cm³/mol. The van der Waals surface area contributed by atoms with Gasteiger partial charge >= 0.3 is 0 Å². The molecule has 0 aliphatic carbocycles. The van der Waals surface area contributed by atoms with E-state index in [1.54, 1.807) is 12.1 Å². The maximum atomic E-state index is 11.8. The molecule has 0 saturated heterocycles. The molecular weight excluding hydrogens is 302 g/mol. The van der Waals surface area contributed by atoms with Crippen LogP contribution >= 0.6 is 0 Å². The third-order valence-corrected chi connectivity index (χ3v) is 5.61. The minimum atomic E-state index is -3.63. The summed E-state index contributed by atoms with van der Waals surface area (Å²) in [5.74, 6) is -1.34. The quantitative estimate of drug-likeness (QED) is 0.858. The van der Waals surface area contributed by atoms with Crippen LogP contribution in [0.2, 0.25) is 0 Å². The topological polar surface area (TPSA) is 97.4 Å². The second kappa shape index (κ2) is 4.85. The van der Waals surface area contributed by atoms with Crippen molar-refractivity contribution in [2.24, 2.45) is 0 Å². The fraction of sp³-hybridized carbons (Fsp3) is 0.417. The van der Waals surface area contributed by atoms with E-state index in [1.165, 1.54) is 13.0 Å². The SMILES string of the molecule is CC(C(=O)NS(C)(=O)=O)c1ccc2c(c1)S(=O)(=O)CC2. The number of sulfone groups is 1. The summed E-state index contributed by atoms with van der Waals surface area (Å²) >= 11 is 0. The first-order valence-electron chi connectivity index (χ1n) is 5.97. The maximum Gasteiger partial charge on any atom is 0.240 e. The van der Waals surface area contributed by atoms with Gasteiger partial charge in [-0.05, 0) is 30.5 Å². The predicted octanol–water partition coefficient (Wildman–Crippen LogP) is 0.196. The van der Waals surface area contributed by atoms with Crippen molar-refractivity contribution >= 4 is 25.8 Å². The Morgan fingerprint density at radius 2 is 2.00 bits per heavy atom. The van der Waals surface area contributed by atoms with E-state index < -0.39 is 31.7 Å². The summed E-state index contributed by atoms with van der Waals surface area (Å²) in [7, 11) is -6.90. The summed E-state index contributed by atoms with van der Waals surface area (Å²) in [5.41, 5.74) is 1.22. The van der Waals surface area contributed by atoms with Gasteiger partial charge in [0.15, 0.2) is 9.84 Å². The molecule has 0 fully saturated rings. The minimum absolute atomic E-state index is 0.0791. The van der Waals surface area contributed by atoms with Gasteiger partial charge in [0.25, 0.3) is 0 Å². The van der Waals surface area contributed by atoms with Gasteiger partial charge in [-0.1, -0.05) is 12.1 Å². The van der Waals surface area contributed by atoms with Gasteiger partial charge in [-0.3, -0.25) is 9.52 Å². The highest BCUT2D eigenvalue weighted by molar-refractivity contribution is 7.91. The van der Waals surface area contributed by atoms with Crippen molar-refractivity contribution in [2.75, 3.05) is 12.0 Å². The zero-order chi connectivity index (χ0) is 15.1. The van der Waals surface area contributed by atoms with Gasteiger partial charge in [-0.25, -0.2) is 16.8 Å². The Hall–Kier alpha value is -1.41. The van der Waals surface area contributed by atoms with Crippen LogP contribution in [0.1, 0.15) is 24.0 Å². The number of carbonyl (C=O) groups is 1. The second-order valence-electron chi connectivity index (χ2n) is 4.90. The highest BCUT2D eigenvalue weighted by atomic mass is 32.2. The number of sulfonamides is 1. The summed E-state index contributed by atoms with van der Waals surface area (Å²) in [6.45, 7) is 1.53. The van der Waals surface area contributed by atoms with Gasteiger partial charge in [-0.15, -0.1) is 0 Å². The first kappa shape index (κ1) is 15.0. The molecule has 20 heavy (non-hydrogen) atoms. The largest absolute Gasteiger partial charge is 0.273 e. The molecule has 1 atom stereocenters. The molecule has 0 aromatic heterocycles. The van der Waals surface area contributed by atoms with Crippen molar-refractivity contribution in [2.45, 2.75) is 24.2 Å². The average molecular weight is 317 g/mol. The Labute approximate surface area is 118 Å². The third-order valence-electron chi connectivity index (χ3n) is 3.25. The first-order chi connectivity index (χ1) is 9.10. The Morgan fingerprint density at radius 1 is 1.35 bits per heavy atom. The summed E-state index contributed by atoms with van der Waals surface area (Å²) in [6.07, 6.45) is 1.37. The first-order valence-corrected chi connectivity index (χ1v) is 9.52. The molecule has 1 N–H and O–H groups in total. The van der Waals surface area contributed by atoms with E-state index in [-0.39, 0.29) is 10.6 Å². The molecule has 1 aromatic carbocycles. The van der Waals surface area contributed by atoms with E-state index in [4.69, 9.17) is 0 Å². The lowest BCUT2D eigenvalue weighted by Crippen LogP contribution is -2.32. The summed E-state index contributed by atoms with van der Waals surface area (Å²) < 4.78 is 47.6. The number of carbonyl (C=O) groups excluding carboxylic acids is 1. The minimum Gasteiger partial charge on any atom is -0.273 e. The van der Waals surface area contributed by atoms with Crippen LogP contribution in [0, 0.1) is 0 Å². The summed E-state index contributed by atoms with van der Waals surface area (Å²) in [4.78, 5) is 12.0. The molecule has 8 heteroatoms. The molecular formula is C12H15NO5S2. The molecule has 0 radical (unpaired) electrons. The Kier molecular flexibility index (Phi) is 3.64. The van der Waals surface area contributed by atoms with Gasteiger partial charge in [-0.2, -0.15) is 0 Å². The highest BCUT2D eigenvalue weighted by Gasteiger charge is 2.28. The van der Waals surface area contributed by atoms with E-state index in [9.17, 15) is 21.6 Å². The second-order valence-corrected chi connectivity index (χ2v) is 8.72. The van der Waals surface area contributed by atoms with Crippen LogP contribution in [-0.4, -0.2) is 34.8 Å². The lowest BCUT2D eigenvalue weighted by atomic mass is 9.99. The van der Waals surface area contributed by atoms with Crippen LogP contribution in [0.3, 0.4) is 0 Å². The lowest BCUT2D eigenvalue weighted by molar-refractivity contribution is -0.120. The Balaban J connectivity index is 2.34. The lowest BCUT2D eigenvalue weighted by Gasteiger charge is -2.12. The third kappa shape index (κ3) is 3.01. The number of amides is 1. The van der Waals surface area contributed by atoms with Crippen LogP contribution < -0.4 is 4.72 Å². The van der Waals surface area contributed by atoms with E-state index in [0.717, 1.165) is 11.8 Å². The van der Waals surface area contributed by atoms with Crippen LogP contribution in [-0.2, 0) is 31.1 Å². The van der Waals surface area contributed by atoms with Gasteiger partial charge < -0.3 is 0 Å². The molecule has 2 rings (SSSR count). The van der Waals surface area contributed by atoms with Crippen LogP contribution in [0.5, 0.6) is 0 Å². The van der Waals surface area contributed by atoms with Crippen molar-refractivity contribution < 1.29 is 21.6 Å². The van der Waals surface area contributed by atoms with E-state index >= 15 is 0 Å². The fourth-order valence-electron chi connectivity index (χ4n) is 2.11. The molecule has 0 saturated carbocycles. The Morgan fingerprint density at radius 3 is 2.60 bits per heavy atom. The number of aryl methyl sites for hydroxylation is 1. The zero-order valence-electron chi connectivity index (χ0n) is 11.1. The van der Waals surface area contributed by atoms with Gasteiger partial charge in [0.1, 0.15) is 0 Å². The van der Waals surface area contributed by atoms with Crippen LogP contribution in [0.25, 0.3) is 0 Å². The van der Waals surface area contributed by atoms with Gasteiger partial charge in [0, 0.05) is 0 Å². The summed E-state index contributed by atoms with van der Waals surface area (Å²) in [5, 5.41) is 0. The number of benzene rings is 1. The number of rotatable bonds is 3. The van der Waals surface area contributed by atoms with E-state index in [1.807, 2.05) is 4.72 Å². The molecule has 1 aliphatic rings. The highest BCUT2D eigenvalue weighted by Crippen LogP contribution is 2.29. The van der Waals surface area contributed by atoms with Crippen LogP contribution in [0.15, 0.2) is 23.1 Å². The normalized spacial score (nSPS) is 18.3. The molecule has 0 bridgehead atoms. The fourth-order valence-corrected chi connectivity index (χ4v) is 4.25. The van der Waals surface area contributed by atoms with Crippen molar-refractivity contribution in [3.05, 3.63) is 29.3 Å². The van der Waals surface area contributed by atoms with Crippen LogP contribution in [0.4, 0.5) is 0 Å². The Bertz CT molecular complexity index is 765.